The second-order valence-corrected chi connectivity index (χ2v) is 8.87. The van der Waals surface area contributed by atoms with Crippen LogP contribution in [-0.4, -0.2) is 22.1 Å². The van der Waals surface area contributed by atoms with E-state index in [1.165, 1.54) is 11.3 Å². The molecule has 2 aromatic heterocycles. The van der Waals surface area contributed by atoms with E-state index in [1.807, 2.05) is 61.7 Å². The van der Waals surface area contributed by atoms with Crippen LogP contribution in [0.2, 0.25) is 5.02 Å². The lowest BCUT2D eigenvalue weighted by Gasteiger charge is -2.20. The van der Waals surface area contributed by atoms with Crippen LogP contribution in [0.15, 0.2) is 65.8 Å². The Morgan fingerprint density at radius 1 is 1.17 bits per heavy atom. The maximum absolute atomic E-state index is 13.5. The third kappa shape index (κ3) is 4.29. The fourth-order valence-corrected chi connectivity index (χ4v) is 4.94. The van der Waals surface area contributed by atoms with E-state index in [2.05, 4.69) is 4.98 Å². The minimum absolute atomic E-state index is 0.0829. The Bertz CT molecular complexity index is 1180. The number of hydrogen-bond donors (Lipinski definition) is 0. The lowest BCUT2D eigenvalue weighted by atomic mass is 10.2. The van der Waals surface area contributed by atoms with Crippen LogP contribution in [0.5, 0.6) is 0 Å². The summed E-state index contributed by atoms with van der Waals surface area (Å²) >= 11 is 9.31. The molecule has 0 N–H and O–H groups in total. The van der Waals surface area contributed by atoms with E-state index in [0.29, 0.717) is 22.3 Å². The molecule has 0 fully saturated rings. The average molecular weight is 440 g/mol. The fourth-order valence-electron chi connectivity index (χ4n) is 3.07. The van der Waals surface area contributed by atoms with Gasteiger partial charge in [0.2, 0.25) is 0 Å². The molecule has 1 amide bonds. The molecule has 146 valence electrons. The maximum Gasteiger partial charge on any atom is 0.260 e. The molecule has 0 atom stereocenters. The van der Waals surface area contributed by atoms with Gasteiger partial charge in [-0.25, -0.2) is 4.98 Å². The summed E-state index contributed by atoms with van der Waals surface area (Å²) in [5.74, 6) is -0.0829. The molecule has 29 heavy (non-hydrogen) atoms. The number of carbonyl (C=O) groups is 1. The topological polar surface area (TPSA) is 46.1 Å². The average Bonchev–Trinajstić information content (AvgIpc) is 3.16. The number of thiazole rings is 1. The highest BCUT2D eigenvalue weighted by molar-refractivity contribution is 7.98. The molecule has 4 rings (SSSR count). The second kappa shape index (κ2) is 8.53. The number of pyridine rings is 1. The Balaban J connectivity index is 1.79. The van der Waals surface area contributed by atoms with E-state index in [0.717, 1.165) is 26.2 Å². The van der Waals surface area contributed by atoms with Crippen molar-refractivity contribution in [2.24, 2.45) is 0 Å². The van der Waals surface area contributed by atoms with Crippen molar-refractivity contribution in [3.8, 4) is 0 Å². The van der Waals surface area contributed by atoms with Crippen molar-refractivity contribution in [1.82, 2.24) is 9.97 Å². The second-order valence-electron chi connectivity index (χ2n) is 6.54. The number of aryl methyl sites for hydroxylation is 1. The van der Waals surface area contributed by atoms with Crippen molar-refractivity contribution in [2.75, 3.05) is 11.2 Å². The number of thioether (sulfide) groups is 1. The number of anilines is 1. The molecule has 0 saturated heterocycles. The van der Waals surface area contributed by atoms with Crippen molar-refractivity contribution in [2.45, 2.75) is 18.4 Å². The number of carbonyl (C=O) groups excluding carboxylic acids is 1. The summed E-state index contributed by atoms with van der Waals surface area (Å²) in [6.45, 7) is 2.39. The highest BCUT2D eigenvalue weighted by atomic mass is 35.5. The van der Waals surface area contributed by atoms with E-state index in [9.17, 15) is 4.79 Å². The van der Waals surface area contributed by atoms with Crippen LogP contribution in [0.3, 0.4) is 0 Å². The number of nitrogens with zero attached hydrogens (tertiary/aromatic N) is 3. The standard InChI is InChI=1S/C22H18ClN3OS2/c1-14-10-17(23)12-19-20(14)25-22(29-19)26(13-15-6-8-24-9-7-15)21(27)16-4-3-5-18(11-16)28-2/h3-12H,13H2,1-2H3. The summed E-state index contributed by atoms with van der Waals surface area (Å²) in [6.07, 6.45) is 5.46. The molecular formula is C22H18ClN3OS2. The molecule has 4 aromatic rings. The quantitative estimate of drug-likeness (QED) is 0.346. The zero-order valence-electron chi connectivity index (χ0n) is 15.9. The Hall–Kier alpha value is -2.41. The Morgan fingerprint density at radius 3 is 2.72 bits per heavy atom. The fraction of sp³-hybridized carbons (Fsp3) is 0.136. The minimum atomic E-state index is -0.0829. The number of aromatic nitrogens is 2. The Morgan fingerprint density at radius 2 is 1.97 bits per heavy atom. The van der Waals surface area contributed by atoms with Crippen molar-refractivity contribution in [1.29, 1.82) is 0 Å². The molecule has 7 heteroatoms. The van der Waals surface area contributed by atoms with Gasteiger partial charge in [0.25, 0.3) is 5.91 Å². The van der Waals surface area contributed by atoms with Crippen LogP contribution in [0.4, 0.5) is 5.13 Å². The van der Waals surface area contributed by atoms with Crippen molar-refractivity contribution in [3.63, 3.8) is 0 Å². The highest BCUT2D eigenvalue weighted by Crippen LogP contribution is 2.34. The molecule has 0 bridgehead atoms. The SMILES string of the molecule is CSc1cccc(C(=O)N(Cc2ccncc2)c2nc3c(C)cc(Cl)cc3s2)c1. The summed E-state index contributed by atoms with van der Waals surface area (Å²) in [5.41, 5.74) is 3.50. The van der Waals surface area contributed by atoms with Gasteiger partial charge < -0.3 is 0 Å². The smallest absolute Gasteiger partial charge is 0.260 e. The van der Waals surface area contributed by atoms with Crippen LogP contribution in [0.1, 0.15) is 21.5 Å². The molecular weight excluding hydrogens is 422 g/mol. The first-order valence-corrected chi connectivity index (χ1v) is 11.4. The Kier molecular flexibility index (Phi) is 5.85. The van der Waals surface area contributed by atoms with Gasteiger partial charge in [-0.2, -0.15) is 0 Å². The molecule has 2 aromatic carbocycles. The molecule has 4 nitrogen and oxygen atoms in total. The molecule has 0 saturated carbocycles. The summed E-state index contributed by atoms with van der Waals surface area (Å²) in [7, 11) is 0. The first-order valence-electron chi connectivity index (χ1n) is 8.96. The predicted molar refractivity (Wildman–Crippen MR) is 122 cm³/mol. The molecule has 0 unspecified atom stereocenters. The lowest BCUT2D eigenvalue weighted by Crippen LogP contribution is -2.30. The van der Waals surface area contributed by atoms with Crippen LogP contribution in [-0.2, 0) is 6.54 Å². The molecule has 0 aliphatic rings. The highest BCUT2D eigenvalue weighted by Gasteiger charge is 2.22. The number of amides is 1. The molecule has 0 aliphatic heterocycles. The summed E-state index contributed by atoms with van der Waals surface area (Å²) in [6, 6.07) is 15.3. The van der Waals surface area contributed by atoms with Gasteiger partial charge in [-0.05, 0) is 66.8 Å². The van der Waals surface area contributed by atoms with Gasteiger partial charge >= 0.3 is 0 Å². The van der Waals surface area contributed by atoms with E-state index in [4.69, 9.17) is 16.6 Å². The van der Waals surface area contributed by atoms with E-state index in [-0.39, 0.29) is 5.91 Å². The van der Waals surface area contributed by atoms with Gasteiger partial charge in [0, 0.05) is 27.9 Å². The summed E-state index contributed by atoms with van der Waals surface area (Å²) in [4.78, 5) is 25.1. The van der Waals surface area contributed by atoms with Crippen molar-refractivity contribution in [3.05, 3.63) is 82.6 Å². The zero-order chi connectivity index (χ0) is 20.4. The third-order valence-electron chi connectivity index (χ3n) is 4.52. The molecule has 0 spiro atoms. The van der Waals surface area contributed by atoms with Crippen molar-refractivity contribution >= 4 is 56.0 Å². The number of benzene rings is 2. The summed E-state index contributed by atoms with van der Waals surface area (Å²) in [5, 5.41) is 1.33. The number of fused-ring (bicyclic) bond motifs is 1. The van der Waals surface area contributed by atoms with Crippen LogP contribution in [0.25, 0.3) is 10.2 Å². The number of rotatable bonds is 5. The largest absolute Gasteiger partial charge is 0.279 e. The van der Waals surface area contributed by atoms with Crippen molar-refractivity contribution < 1.29 is 4.79 Å². The Labute approximate surface area is 182 Å². The molecule has 0 radical (unpaired) electrons. The van der Waals surface area contributed by atoms with Crippen LogP contribution >= 0.6 is 34.7 Å². The molecule has 0 aliphatic carbocycles. The maximum atomic E-state index is 13.5. The predicted octanol–water partition coefficient (Wildman–Crippen LogP) is 6.22. The third-order valence-corrected chi connectivity index (χ3v) is 6.49. The van der Waals surface area contributed by atoms with E-state index >= 15 is 0 Å². The normalized spacial score (nSPS) is 11.0. The summed E-state index contributed by atoms with van der Waals surface area (Å²) < 4.78 is 0.968. The van der Waals surface area contributed by atoms with Crippen LogP contribution < -0.4 is 4.90 Å². The van der Waals surface area contributed by atoms with Gasteiger partial charge in [0.1, 0.15) is 0 Å². The van der Waals surface area contributed by atoms with Gasteiger partial charge in [-0.15, -0.1) is 11.8 Å². The minimum Gasteiger partial charge on any atom is -0.279 e. The van der Waals surface area contributed by atoms with Gasteiger partial charge in [-0.3, -0.25) is 14.7 Å². The number of halogens is 1. The van der Waals surface area contributed by atoms with Gasteiger partial charge in [0.15, 0.2) is 5.13 Å². The first kappa shape index (κ1) is 19.9. The molecule has 2 heterocycles. The monoisotopic (exact) mass is 439 g/mol. The van der Waals surface area contributed by atoms with Crippen LogP contribution in [0, 0.1) is 6.92 Å². The lowest BCUT2D eigenvalue weighted by molar-refractivity contribution is 0.0985. The first-order chi connectivity index (χ1) is 14.0. The van der Waals surface area contributed by atoms with E-state index in [1.54, 1.807) is 29.1 Å². The van der Waals surface area contributed by atoms with Gasteiger partial charge in [0.05, 0.1) is 16.8 Å². The van der Waals surface area contributed by atoms with E-state index < -0.39 is 0 Å². The van der Waals surface area contributed by atoms with Gasteiger partial charge in [-0.1, -0.05) is 29.0 Å². The zero-order valence-corrected chi connectivity index (χ0v) is 18.3. The number of hydrogen-bond acceptors (Lipinski definition) is 5.